The fraction of sp³-hybridized carbons (Fsp3) is 0.625. The van der Waals surface area contributed by atoms with E-state index in [9.17, 15) is 4.39 Å². The lowest BCUT2D eigenvalue weighted by Crippen LogP contribution is -2.32. The second-order valence-corrected chi connectivity index (χ2v) is 5.78. The SMILES string of the molecule is CC(C)CNCCC(C)N(C)Cc1cccc(F)c1. The smallest absolute Gasteiger partial charge is 0.123 e. The molecule has 0 heterocycles. The zero-order valence-electron chi connectivity index (χ0n) is 12.6. The molecule has 0 aromatic heterocycles. The van der Waals surface area contributed by atoms with Gasteiger partial charge in [0.15, 0.2) is 0 Å². The average molecular weight is 266 g/mol. The number of nitrogens with zero attached hydrogens (tertiary/aromatic N) is 1. The van der Waals surface area contributed by atoms with Crippen LogP contribution in [0.25, 0.3) is 0 Å². The van der Waals surface area contributed by atoms with Gasteiger partial charge in [0.1, 0.15) is 5.82 Å². The molecule has 0 spiro atoms. The normalized spacial score (nSPS) is 13.2. The van der Waals surface area contributed by atoms with Gasteiger partial charge in [0.2, 0.25) is 0 Å². The molecule has 0 radical (unpaired) electrons. The molecular formula is C16H27FN2. The topological polar surface area (TPSA) is 15.3 Å². The van der Waals surface area contributed by atoms with Gasteiger partial charge in [-0.25, -0.2) is 4.39 Å². The minimum absolute atomic E-state index is 0.155. The Labute approximate surface area is 117 Å². The largest absolute Gasteiger partial charge is 0.316 e. The van der Waals surface area contributed by atoms with Gasteiger partial charge in [-0.1, -0.05) is 26.0 Å². The van der Waals surface area contributed by atoms with Gasteiger partial charge in [-0.3, -0.25) is 4.90 Å². The predicted octanol–water partition coefficient (Wildman–Crippen LogP) is 3.28. The van der Waals surface area contributed by atoms with E-state index in [4.69, 9.17) is 0 Å². The van der Waals surface area contributed by atoms with Crippen molar-refractivity contribution in [3.05, 3.63) is 35.6 Å². The van der Waals surface area contributed by atoms with E-state index in [1.54, 1.807) is 12.1 Å². The maximum Gasteiger partial charge on any atom is 0.123 e. The van der Waals surface area contributed by atoms with Crippen LogP contribution < -0.4 is 5.32 Å². The van der Waals surface area contributed by atoms with E-state index in [-0.39, 0.29) is 5.82 Å². The first-order valence-electron chi connectivity index (χ1n) is 7.14. The number of rotatable bonds is 8. The zero-order valence-corrected chi connectivity index (χ0v) is 12.6. The lowest BCUT2D eigenvalue weighted by molar-refractivity contribution is 0.236. The number of hydrogen-bond acceptors (Lipinski definition) is 2. The molecule has 0 bridgehead atoms. The van der Waals surface area contributed by atoms with Crippen LogP contribution in [0.15, 0.2) is 24.3 Å². The molecule has 0 saturated heterocycles. The summed E-state index contributed by atoms with van der Waals surface area (Å²) in [5.74, 6) is 0.539. The Morgan fingerprint density at radius 2 is 2.00 bits per heavy atom. The number of nitrogens with one attached hydrogen (secondary N) is 1. The van der Waals surface area contributed by atoms with Gasteiger partial charge in [-0.2, -0.15) is 0 Å². The first-order valence-corrected chi connectivity index (χ1v) is 7.14. The molecule has 19 heavy (non-hydrogen) atoms. The molecule has 108 valence electrons. The molecule has 0 saturated carbocycles. The molecule has 1 aromatic rings. The van der Waals surface area contributed by atoms with Gasteiger partial charge in [0.05, 0.1) is 0 Å². The maximum atomic E-state index is 13.1. The fourth-order valence-electron chi connectivity index (χ4n) is 2.00. The Morgan fingerprint density at radius 3 is 2.63 bits per heavy atom. The highest BCUT2D eigenvalue weighted by molar-refractivity contribution is 5.16. The van der Waals surface area contributed by atoms with Gasteiger partial charge >= 0.3 is 0 Å². The summed E-state index contributed by atoms with van der Waals surface area (Å²) < 4.78 is 13.1. The first-order chi connectivity index (χ1) is 8.99. The van der Waals surface area contributed by atoms with E-state index in [1.165, 1.54) is 6.07 Å². The fourth-order valence-corrected chi connectivity index (χ4v) is 2.00. The van der Waals surface area contributed by atoms with E-state index in [2.05, 4.69) is 38.0 Å². The molecule has 0 amide bonds. The van der Waals surface area contributed by atoms with Crippen LogP contribution in [0.1, 0.15) is 32.8 Å². The highest BCUT2D eigenvalue weighted by Gasteiger charge is 2.09. The summed E-state index contributed by atoms with van der Waals surface area (Å²) in [7, 11) is 2.10. The Balaban J connectivity index is 2.30. The lowest BCUT2D eigenvalue weighted by atomic mass is 10.1. The van der Waals surface area contributed by atoms with Crippen molar-refractivity contribution in [2.45, 2.75) is 39.8 Å². The Bertz CT molecular complexity index is 366. The minimum atomic E-state index is -0.155. The average Bonchev–Trinajstić information content (AvgIpc) is 2.34. The summed E-state index contributed by atoms with van der Waals surface area (Å²) in [5, 5.41) is 3.46. The van der Waals surface area contributed by atoms with E-state index in [0.717, 1.165) is 31.6 Å². The Hall–Kier alpha value is -0.930. The summed E-state index contributed by atoms with van der Waals surface area (Å²) in [5.41, 5.74) is 1.03. The van der Waals surface area contributed by atoms with Gasteiger partial charge in [0.25, 0.3) is 0 Å². The molecule has 1 rings (SSSR count). The second kappa shape index (κ2) is 8.28. The van der Waals surface area contributed by atoms with E-state index in [1.807, 2.05) is 6.07 Å². The molecule has 1 aromatic carbocycles. The standard InChI is InChI=1S/C16H27FN2/c1-13(2)11-18-9-8-14(3)19(4)12-15-6-5-7-16(17)10-15/h5-7,10,13-14,18H,8-9,11-12H2,1-4H3. The summed E-state index contributed by atoms with van der Waals surface area (Å²) >= 11 is 0. The van der Waals surface area contributed by atoms with Crippen LogP contribution in [0.5, 0.6) is 0 Å². The molecule has 0 aliphatic carbocycles. The van der Waals surface area contributed by atoms with Crippen molar-refractivity contribution in [2.24, 2.45) is 5.92 Å². The van der Waals surface area contributed by atoms with Crippen LogP contribution in [0, 0.1) is 11.7 Å². The molecule has 3 heteroatoms. The van der Waals surface area contributed by atoms with Crippen LogP contribution in [0.4, 0.5) is 4.39 Å². The summed E-state index contributed by atoms with van der Waals surface area (Å²) in [4.78, 5) is 2.27. The quantitative estimate of drug-likeness (QED) is 0.726. The van der Waals surface area contributed by atoms with Crippen molar-refractivity contribution in [1.29, 1.82) is 0 Å². The highest BCUT2D eigenvalue weighted by atomic mass is 19.1. The third kappa shape index (κ3) is 6.69. The predicted molar refractivity (Wildman–Crippen MR) is 79.7 cm³/mol. The third-order valence-corrected chi connectivity index (χ3v) is 3.36. The number of halogens is 1. The molecule has 2 nitrogen and oxygen atoms in total. The molecule has 0 aliphatic heterocycles. The third-order valence-electron chi connectivity index (χ3n) is 3.36. The first kappa shape index (κ1) is 16.1. The molecule has 1 atom stereocenters. The molecule has 1 unspecified atom stereocenters. The Morgan fingerprint density at radius 1 is 1.26 bits per heavy atom. The van der Waals surface area contributed by atoms with Crippen LogP contribution in [-0.4, -0.2) is 31.1 Å². The van der Waals surface area contributed by atoms with Crippen molar-refractivity contribution in [3.63, 3.8) is 0 Å². The monoisotopic (exact) mass is 266 g/mol. The van der Waals surface area contributed by atoms with Crippen LogP contribution in [0.2, 0.25) is 0 Å². The van der Waals surface area contributed by atoms with Crippen molar-refractivity contribution in [3.8, 4) is 0 Å². The van der Waals surface area contributed by atoms with Crippen molar-refractivity contribution < 1.29 is 4.39 Å². The highest BCUT2D eigenvalue weighted by Crippen LogP contribution is 2.09. The molecule has 0 aliphatic rings. The van der Waals surface area contributed by atoms with Crippen molar-refractivity contribution in [2.75, 3.05) is 20.1 Å². The number of hydrogen-bond donors (Lipinski definition) is 1. The van der Waals surface area contributed by atoms with Gasteiger partial charge in [-0.05, 0) is 57.1 Å². The molecular weight excluding hydrogens is 239 g/mol. The van der Waals surface area contributed by atoms with Gasteiger partial charge in [0, 0.05) is 12.6 Å². The maximum absolute atomic E-state index is 13.1. The van der Waals surface area contributed by atoms with Crippen LogP contribution in [-0.2, 0) is 6.54 Å². The summed E-state index contributed by atoms with van der Waals surface area (Å²) in [6, 6.07) is 7.34. The molecule has 0 fully saturated rings. The van der Waals surface area contributed by atoms with E-state index >= 15 is 0 Å². The van der Waals surface area contributed by atoms with Crippen molar-refractivity contribution in [1.82, 2.24) is 10.2 Å². The van der Waals surface area contributed by atoms with Crippen LogP contribution in [0.3, 0.4) is 0 Å². The van der Waals surface area contributed by atoms with Gasteiger partial charge in [-0.15, -0.1) is 0 Å². The summed E-state index contributed by atoms with van der Waals surface area (Å²) in [6.07, 6.45) is 1.11. The Kier molecular flexibility index (Phi) is 7.03. The minimum Gasteiger partial charge on any atom is -0.316 e. The zero-order chi connectivity index (χ0) is 14.3. The lowest BCUT2D eigenvalue weighted by Gasteiger charge is -2.25. The molecule has 1 N–H and O–H groups in total. The summed E-state index contributed by atoms with van der Waals surface area (Å²) in [6.45, 7) is 9.55. The van der Waals surface area contributed by atoms with Crippen LogP contribution >= 0.6 is 0 Å². The number of benzene rings is 1. The van der Waals surface area contributed by atoms with E-state index in [0.29, 0.717) is 12.0 Å². The second-order valence-electron chi connectivity index (χ2n) is 5.78. The van der Waals surface area contributed by atoms with Gasteiger partial charge < -0.3 is 5.32 Å². The van der Waals surface area contributed by atoms with E-state index < -0.39 is 0 Å². The van der Waals surface area contributed by atoms with Crippen molar-refractivity contribution >= 4 is 0 Å².